The maximum atomic E-state index is 12.0. The lowest BCUT2D eigenvalue weighted by Gasteiger charge is -2.17. The second-order valence-corrected chi connectivity index (χ2v) is 4.88. The van der Waals surface area contributed by atoms with E-state index >= 15 is 0 Å². The van der Waals surface area contributed by atoms with E-state index in [1.807, 2.05) is 6.07 Å². The van der Waals surface area contributed by atoms with Crippen LogP contribution in [0, 0.1) is 0 Å². The smallest absolute Gasteiger partial charge is 0.335 e. The highest BCUT2D eigenvalue weighted by Gasteiger charge is 2.10. The van der Waals surface area contributed by atoms with Crippen molar-refractivity contribution in [1.82, 2.24) is 4.90 Å². The van der Waals surface area contributed by atoms with Gasteiger partial charge in [0.05, 0.1) is 18.1 Å². The molecule has 0 saturated carbocycles. The van der Waals surface area contributed by atoms with E-state index in [0.717, 1.165) is 11.1 Å². The molecule has 0 unspecified atom stereocenters. The fourth-order valence-corrected chi connectivity index (χ4v) is 1.99. The molecule has 0 fully saturated rings. The lowest BCUT2D eigenvalue weighted by atomic mass is 10.1. The minimum Gasteiger partial charge on any atom is -0.478 e. The zero-order valence-corrected chi connectivity index (χ0v) is 11.8. The highest BCUT2D eigenvalue weighted by molar-refractivity contribution is 5.87. The molecule has 1 aromatic carbocycles. The summed E-state index contributed by atoms with van der Waals surface area (Å²) in [6.07, 6.45) is 4.30. The van der Waals surface area contributed by atoms with Gasteiger partial charge in [0.2, 0.25) is 5.91 Å². The van der Waals surface area contributed by atoms with E-state index in [1.54, 1.807) is 48.7 Å². The Morgan fingerprint density at radius 3 is 2.43 bits per heavy atom. The summed E-state index contributed by atoms with van der Waals surface area (Å²) >= 11 is 0. The number of amides is 1. The number of furan rings is 1. The SMILES string of the molecule is CN(Cc1ccc(C(=O)O)cc1)C(=O)CCc1ccoc1. The van der Waals surface area contributed by atoms with Gasteiger partial charge in [-0.1, -0.05) is 12.1 Å². The van der Waals surface area contributed by atoms with Crippen LogP contribution in [-0.2, 0) is 17.8 Å². The first-order valence-electron chi connectivity index (χ1n) is 6.63. The average Bonchev–Trinajstić information content (AvgIpc) is 2.98. The molecule has 2 rings (SSSR count). The van der Waals surface area contributed by atoms with Crippen LogP contribution in [0.5, 0.6) is 0 Å². The van der Waals surface area contributed by atoms with Gasteiger partial charge < -0.3 is 14.4 Å². The average molecular weight is 287 g/mol. The minimum atomic E-state index is -0.953. The quantitative estimate of drug-likeness (QED) is 0.886. The Balaban J connectivity index is 1.86. The molecule has 5 nitrogen and oxygen atoms in total. The summed E-state index contributed by atoms with van der Waals surface area (Å²) in [6.45, 7) is 0.462. The van der Waals surface area contributed by atoms with Crippen molar-refractivity contribution in [3.63, 3.8) is 0 Å². The molecule has 21 heavy (non-hydrogen) atoms. The molecule has 110 valence electrons. The van der Waals surface area contributed by atoms with Gasteiger partial charge in [-0.05, 0) is 35.7 Å². The van der Waals surface area contributed by atoms with Crippen molar-refractivity contribution < 1.29 is 19.1 Å². The molecule has 0 radical (unpaired) electrons. The molecule has 0 bridgehead atoms. The predicted molar refractivity (Wildman–Crippen MR) is 76.9 cm³/mol. The number of carbonyl (C=O) groups is 2. The Bertz CT molecular complexity index is 602. The van der Waals surface area contributed by atoms with E-state index in [4.69, 9.17) is 9.52 Å². The predicted octanol–water partition coefficient (Wildman–Crippen LogP) is 2.57. The molecule has 0 aliphatic rings. The minimum absolute atomic E-state index is 0.0403. The van der Waals surface area contributed by atoms with Crippen molar-refractivity contribution >= 4 is 11.9 Å². The molecule has 1 N–H and O–H groups in total. The van der Waals surface area contributed by atoms with Gasteiger partial charge in [-0.2, -0.15) is 0 Å². The number of nitrogens with zero attached hydrogens (tertiary/aromatic N) is 1. The van der Waals surface area contributed by atoms with Crippen LogP contribution in [0.15, 0.2) is 47.3 Å². The highest BCUT2D eigenvalue weighted by atomic mass is 16.4. The first-order valence-corrected chi connectivity index (χ1v) is 6.63. The number of carboxylic acids is 1. The molecule has 0 saturated heterocycles. The van der Waals surface area contributed by atoms with Gasteiger partial charge in [0.25, 0.3) is 0 Å². The topological polar surface area (TPSA) is 70.8 Å². The van der Waals surface area contributed by atoms with Crippen molar-refractivity contribution in [3.05, 3.63) is 59.5 Å². The third-order valence-electron chi connectivity index (χ3n) is 3.25. The maximum absolute atomic E-state index is 12.0. The zero-order valence-electron chi connectivity index (χ0n) is 11.8. The third kappa shape index (κ3) is 4.21. The van der Waals surface area contributed by atoms with Crippen LogP contribution in [0.4, 0.5) is 0 Å². The van der Waals surface area contributed by atoms with Crippen molar-refractivity contribution in [2.45, 2.75) is 19.4 Å². The second kappa shape index (κ2) is 6.74. The molecular weight excluding hydrogens is 270 g/mol. The molecule has 1 amide bonds. The van der Waals surface area contributed by atoms with Crippen molar-refractivity contribution in [1.29, 1.82) is 0 Å². The van der Waals surface area contributed by atoms with E-state index in [1.165, 1.54) is 0 Å². The van der Waals surface area contributed by atoms with E-state index in [9.17, 15) is 9.59 Å². The van der Waals surface area contributed by atoms with Gasteiger partial charge in [-0.25, -0.2) is 4.79 Å². The number of benzene rings is 1. The Kier molecular flexibility index (Phi) is 4.77. The van der Waals surface area contributed by atoms with Crippen molar-refractivity contribution in [2.75, 3.05) is 7.05 Å². The molecule has 2 aromatic rings. The molecule has 1 aromatic heterocycles. The fourth-order valence-electron chi connectivity index (χ4n) is 1.99. The number of hydrogen-bond acceptors (Lipinski definition) is 3. The van der Waals surface area contributed by atoms with Gasteiger partial charge in [-0.3, -0.25) is 4.79 Å². The summed E-state index contributed by atoms with van der Waals surface area (Å²) in [7, 11) is 1.74. The summed E-state index contributed by atoms with van der Waals surface area (Å²) in [5, 5.41) is 8.83. The molecule has 5 heteroatoms. The fraction of sp³-hybridized carbons (Fsp3) is 0.250. The number of hydrogen-bond donors (Lipinski definition) is 1. The second-order valence-electron chi connectivity index (χ2n) is 4.88. The molecular formula is C16H17NO4. The summed E-state index contributed by atoms with van der Waals surface area (Å²) in [5.74, 6) is -0.912. The molecule has 0 aliphatic heterocycles. The van der Waals surface area contributed by atoms with Gasteiger partial charge >= 0.3 is 5.97 Å². The van der Waals surface area contributed by atoms with E-state index in [0.29, 0.717) is 19.4 Å². The van der Waals surface area contributed by atoms with E-state index in [2.05, 4.69) is 0 Å². The first kappa shape index (κ1) is 14.8. The van der Waals surface area contributed by atoms with Crippen LogP contribution in [0.2, 0.25) is 0 Å². The van der Waals surface area contributed by atoms with Gasteiger partial charge in [0.1, 0.15) is 0 Å². The van der Waals surface area contributed by atoms with Crippen molar-refractivity contribution in [2.24, 2.45) is 0 Å². The molecule has 1 heterocycles. The van der Waals surface area contributed by atoms with Crippen LogP contribution in [-0.4, -0.2) is 28.9 Å². The lowest BCUT2D eigenvalue weighted by molar-refractivity contribution is -0.130. The zero-order chi connectivity index (χ0) is 15.2. The van der Waals surface area contributed by atoms with Crippen LogP contribution < -0.4 is 0 Å². The van der Waals surface area contributed by atoms with Gasteiger partial charge in [0, 0.05) is 20.0 Å². The van der Waals surface area contributed by atoms with Crippen LogP contribution in [0.1, 0.15) is 27.9 Å². The molecule has 0 spiro atoms. The van der Waals surface area contributed by atoms with Crippen molar-refractivity contribution in [3.8, 4) is 0 Å². The number of aryl methyl sites for hydroxylation is 1. The first-order chi connectivity index (χ1) is 10.1. The molecule has 0 aliphatic carbocycles. The van der Waals surface area contributed by atoms with Gasteiger partial charge in [0.15, 0.2) is 0 Å². The van der Waals surface area contributed by atoms with Gasteiger partial charge in [-0.15, -0.1) is 0 Å². The van der Waals surface area contributed by atoms with Crippen LogP contribution in [0.25, 0.3) is 0 Å². The standard InChI is InChI=1S/C16H17NO4/c1-17(15(18)7-4-13-8-9-21-11-13)10-12-2-5-14(6-3-12)16(19)20/h2-3,5-6,8-9,11H,4,7,10H2,1H3,(H,19,20). The number of rotatable bonds is 6. The Morgan fingerprint density at radius 1 is 1.14 bits per heavy atom. The number of carboxylic acid groups (broad SMARTS) is 1. The van der Waals surface area contributed by atoms with Crippen LogP contribution >= 0.6 is 0 Å². The Labute approximate surface area is 122 Å². The summed E-state index contributed by atoms with van der Waals surface area (Å²) in [4.78, 5) is 24.4. The number of aromatic carboxylic acids is 1. The largest absolute Gasteiger partial charge is 0.478 e. The monoisotopic (exact) mass is 287 g/mol. The Morgan fingerprint density at radius 2 is 1.86 bits per heavy atom. The highest BCUT2D eigenvalue weighted by Crippen LogP contribution is 2.09. The molecule has 0 atom stereocenters. The third-order valence-corrected chi connectivity index (χ3v) is 3.25. The van der Waals surface area contributed by atoms with Crippen LogP contribution in [0.3, 0.4) is 0 Å². The maximum Gasteiger partial charge on any atom is 0.335 e. The number of carbonyl (C=O) groups excluding carboxylic acids is 1. The summed E-state index contributed by atoms with van der Waals surface area (Å²) in [6, 6.07) is 8.38. The Hall–Kier alpha value is -2.56. The normalized spacial score (nSPS) is 10.3. The lowest BCUT2D eigenvalue weighted by Crippen LogP contribution is -2.26. The van der Waals surface area contributed by atoms with E-state index in [-0.39, 0.29) is 11.5 Å². The summed E-state index contributed by atoms with van der Waals surface area (Å²) < 4.78 is 4.96. The van der Waals surface area contributed by atoms with E-state index < -0.39 is 5.97 Å². The summed E-state index contributed by atoms with van der Waals surface area (Å²) in [5.41, 5.74) is 2.15.